The van der Waals surface area contributed by atoms with Crippen molar-refractivity contribution in [3.8, 4) is 12.3 Å². The van der Waals surface area contributed by atoms with E-state index in [-0.39, 0.29) is 6.10 Å². The first-order valence-corrected chi connectivity index (χ1v) is 6.43. The first kappa shape index (κ1) is 11.0. The van der Waals surface area contributed by atoms with Gasteiger partial charge in [0.1, 0.15) is 0 Å². The van der Waals surface area contributed by atoms with Crippen molar-refractivity contribution in [3.05, 3.63) is 0 Å². The second kappa shape index (κ2) is 5.03. The molecule has 1 N–H and O–H groups in total. The minimum atomic E-state index is -0.0108. The van der Waals surface area contributed by atoms with E-state index in [0.717, 1.165) is 24.7 Å². The zero-order valence-electron chi connectivity index (χ0n) is 9.49. The maximum Gasteiger partial charge on any atom is 0.0540 e. The smallest absolute Gasteiger partial charge is 0.0540 e. The average molecular weight is 206 g/mol. The molecule has 0 unspecified atom stereocenters. The molecule has 0 radical (unpaired) electrons. The second-order valence-electron chi connectivity index (χ2n) is 5.35. The van der Waals surface area contributed by atoms with Gasteiger partial charge in [-0.15, -0.1) is 12.3 Å². The van der Waals surface area contributed by atoms with Crippen LogP contribution in [0.25, 0.3) is 0 Å². The largest absolute Gasteiger partial charge is 0.393 e. The van der Waals surface area contributed by atoms with E-state index in [1.54, 1.807) is 0 Å². The second-order valence-corrected chi connectivity index (χ2v) is 5.35. The van der Waals surface area contributed by atoms with Crippen LogP contribution in [-0.2, 0) is 0 Å². The highest BCUT2D eigenvalue weighted by Crippen LogP contribution is 2.39. The van der Waals surface area contributed by atoms with E-state index < -0.39 is 0 Å². The maximum absolute atomic E-state index is 9.48. The van der Waals surface area contributed by atoms with Gasteiger partial charge in [-0.2, -0.15) is 0 Å². The molecule has 0 aromatic carbocycles. The van der Waals surface area contributed by atoms with Gasteiger partial charge < -0.3 is 5.11 Å². The molecule has 0 bridgehead atoms. The number of aliphatic hydroxyl groups is 1. The summed E-state index contributed by atoms with van der Waals surface area (Å²) in [5.74, 6) is 5.23. The van der Waals surface area contributed by atoms with Crippen LogP contribution in [0.4, 0.5) is 0 Å². The quantitative estimate of drug-likeness (QED) is 0.654. The Morgan fingerprint density at radius 1 is 0.800 bits per heavy atom. The Balaban J connectivity index is 1.78. The molecule has 0 atom stereocenters. The van der Waals surface area contributed by atoms with E-state index in [9.17, 15) is 5.11 Å². The van der Waals surface area contributed by atoms with Crippen LogP contribution in [0.1, 0.15) is 51.4 Å². The summed E-state index contributed by atoms with van der Waals surface area (Å²) in [4.78, 5) is 0. The molecule has 0 saturated heterocycles. The SMILES string of the molecule is C#CC1CCC(C2CCC(O)CC2)CC1. The van der Waals surface area contributed by atoms with Crippen molar-refractivity contribution in [1.82, 2.24) is 0 Å². The average Bonchev–Trinajstić information content (AvgIpc) is 2.30. The summed E-state index contributed by atoms with van der Waals surface area (Å²) < 4.78 is 0. The first-order valence-electron chi connectivity index (χ1n) is 6.43. The molecule has 0 aromatic heterocycles. The Hall–Kier alpha value is -0.480. The molecule has 84 valence electrons. The van der Waals surface area contributed by atoms with Gasteiger partial charge in [0.25, 0.3) is 0 Å². The van der Waals surface area contributed by atoms with E-state index in [4.69, 9.17) is 6.42 Å². The predicted octanol–water partition coefficient (Wildman–Crippen LogP) is 2.98. The predicted molar refractivity (Wildman–Crippen MR) is 62.2 cm³/mol. The van der Waals surface area contributed by atoms with Crippen LogP contribution in [0.5, 0.6) is 0 Å². The Morgan fingerprint density at radius 2 is 1.27 bits per heavy atom. The van der Waals surface area contributed by atoms with Crippen molar-refractivity contribution in [2.45, 2.75) is 57.5 Å². The van der Waals surface area contributed by atoms with Crippen LogP contribution in [0.15, 0.2) is 0 Å². The van der Waals surface area contributed by atoms with Crippen molar-refractivity contribution in [1.29, 1.82) is 0 Å². The van der Waals surface area contributed by atoms with Crippen LogP contribution in [0, 0.1) is 30.1 Å². The van der Waals surface area contributed by atoms with Crippen LogP contribution in [0.2, 0.25) is 0 Å². The Labute approximate surface area is 93.3 Å². The fourth-order valence-electron chi connectivity index (χ4n) is 3.33. The molecule has 0 amide bonds. The fraction of sp³-hybridized carbons (Fsp3) is 0.857. The maximum atomic E-state index is 9.48. The molecule has 0 aromatic rings. The van der Waals surface area contributed by atoms with E-state index in [1.807, 2.05) is 0 Å². The van der Waals surface area contributed by atoms with E-state index in [2.05, 4.69) is 5.92 Å². The van der Waals surface area contributed by atoms with E-state index >= 15 is 0 Å². The monoisotopic (exact) mass is 206 g/mol. The molecule has 2 aliphatic rings. The lowest BCUT2D eigenvalue weighted by Crippen LogP contribution is -2.27. The van der Waals surface area contributed by atoms with Crippen LogP contribution < -0.4 is 0 Å². The molecule has 1 nitrogen and oxygen atoms in total. The molecule has 1 heteroatoms. The van der Waals surface area contributed by atoms with Gasteiger partial charge in [0.05, 0.1) is 6.10 Å². The lowest BCUT2D eigenvalue weighted by molar-refractivity contribution is 0.0797. The third kappa shape index (κ3) is 2.75. The van der Waals surface area contributed by atoms with Crippen molar-refractivity contribution in [2.24, 2.45) is 17.8 Å². The van der Waals surface area contributed by atoms with Gasteiger partial charge in [0.15, 0.2) is 0 Å². The minimum absolute atomic E-state index is 0.0108. The third-order valence-corrected chi connectivity index (χ3v) is 4.42. The number of terminal acetylenes is 1. The molecule has 2 saturated carbocycles. The number of aliphatic hydroxyl groups excluding tert-OH is 1. The molecular weight excluding hydrogens is 184 g/mol. The third-order valence-electron chi connectivity index (χ3n) is 4.42. The summed E-state index contributed by atoms with van der Waals surface area (Å²) in [6, 6.07) is 0. The molecule has 2 aliphatic carbocycles. The first-order chi connectivity index (χ1) is 7.29. The van der Waals surface area contributed by atoms with Gasteiger partial charge in [0.2, 0.25) is 0 Å². The van der Waals surface area contributed by atoms with Crippen molar-refractivity contribution in [2.75, 3.05) is 0 Å². The van der Waals surface area contributed by atoms with Crippen LogP contribution in [-0.4, -0.2) is 11.2 Å². The van der Waals surface area contributed by atoms with Gasteiger partial charge in [-0.25, -0.2) is 0 Å². The zero-order chi connectivity index (χ0) is 10.7. The lowest BCUT2D eigenvalue weighted by Gasteiger charge is -2.35. The zero-order valence-corrected chi connectivity index (χ0v) is 9.49. The topological polar surface area (TPSA) is 20.2 Å². The van der Waals surface area contributed by atoms with Gasteiger partial charge in [0, 0.05) is 5.92 Å². The van der Waals surface area contributed by atoms with Gasteiger partial charge in [-0.1, -0.05) is 0 Å². The summed E-state index contributed by atoms with van der Waals surface area (Å²) >= 11 is 0. The van der Waals surface area contributed by atoms with Gasteiger partial charge in [-0.3, -0.25) is 0 Å². The van der Waals surface area contributed by atoms with Crippen molar-refractivity contribution in [3.63, 3.8) is 0 Å². The van der Waals surface area contributed by atoms with Crippen LogP contribution >= 0.6 is 0 Å². The summed E-state index contributed by atoms with van der Waals surface area (Å²) in [7, 11) is 0. The highest BCUT2D eigenvalue weighted by atomic mass is 16.3. The number of hydrogen-bond donors (Lipinski definition) is 1. The molecule has 2 fully saturated rings. The normalized spacial score (nSPS) is 42.1. The molecule has 0 heterocycles. The highest BCUT2D eigenvalue weighted by Gasteiger charge is 2.29. The van der Waals surface area contributed by atoms with Gasteiger partial charge in [-0.05, 0) is 63.2 Å². The standard InChI is InChI=1S/C14H22O/c1-2-11-3-5-12(6-4-11)13-7-9-14(15)10-8-13/h1,11-15H,3-10H2. The summed E-state index contributed by atoms with van der Waals surface area (Å²) in [6.07, 6.45) is 15.1. The highest BCUT2D eigenvalue weighted by molar-refractivity contribution is 4.96. The van der Waals surface area contributed by atoms with Gasteiger partial charge >= 0.3 is 0 Å². The Kier molecular flexibility index (Phi) is 3.70. The Bertz CT molecular complexity index is 224. The lowest BCUT2D eigenvalue weighted by atomic mass is 9.71. The van der Waals surface area contributed by atoms with Crippen molar-refractivity contribution < 1.29 is 5.11 Å². The fourth-order valence-corrected chi connectivity index (χ4v) is 3.33. The number of rotatable bonds is 1. The molecular formula is C14H22O. The summed E-state index contributed by atoms with van der Waals surface area (Å²) in [6.45, 7) is 0. The molecule has 2 rings (SSSR count). The van der Waals surface area contributed by atoms with E-state index in [0.29, 0.717) is 5.92 Å². The summed E-state index contributed by atoms with van der Waals surface area (Å²) in [5.41, 5.74) is 0. The van der Waals surface area contributed by atoms with Crippen molar-refractivity contribution >= 4 is 0 Å². The Morgan fingerprint density at radius 3 is 1.73 bits per heavy atom. The summed E-state index contributed by atoms with van der Waals surface area (Å²) in [5, 5.41) is 9.48. The van der Waals surface area contributed by atoms with Crippen LogP contribution in [0.3, 0.4) is 0 Å². The minimum Gasteiger partial charge on any atom is -0.393 e. The number of hydrogen-bond acceptors (Lipinski definition) is 1. The molecule has 0 spiro atoms. The van der Waals surface area contributed by atoms with E-state index in [1.165, 1.54) is 38.5 Å². The molecule has 0 aliphatic heterocycles. The molecule has 15 heavy (non-hydrogen) atoms.